The molecule has 2 aromatic heterocycles. The fourth-order valence-corrected chi connectivity index (χ4v) is 1.78. The van der Waals surface area contributed by atoms with Crippen molar-refractivity contribution in [1.29, 1.82) is 0 Å². The van der Waals surface area contributed by atoms with Crippen LogP contribution in [0, 0.1) is 0 Å². The first-order chi connectivity index (χ1) is 7.84. The Morgan fingerprint density at radius 1 is 1.12 bits per heavy atom. The minimum atomic E-state index is 0.641. The van der Waals surface area contributed by atoms with Crippen LogP contribution < -0.4 is 0 Å². The van der Waals surface area contributed by atoms with Gasteiger partial charge in [0.05, 0.1) is 22.9 Å². The Kier molecular flexibility index (Phi) is 2.08. The molecule has 0 unspecified atom stereocenters. The van der Waals surface area contributed by atoms with Crippen LogP contribution in [0.2, 0.25) is 5.02 Å². The number of imidazole rings is 1. The molecule has 3 rings (SSSR count). The van der Waals surface area contributed by atoms with Crippen molar-refractivity contribution in [2.45, 2.75) is 0 Å². The van der Waals surface area contributed by atoms with E-state index >= 15 is 0 Å². The summed E-state index contributed by atoms with van der Waals surface area (Å²) in [5.74, 6) is 0.748. The van der Waals surface area contributed by atoms with E-state index in [4.69, 9.17) is 11.6 Å². The molecule has 0 aliphatic heterocycles. The second kappa shape index (κ2) is 3.57. The molecule has 5 heteroatoms. The highest BCUT2D eigenvalue weighted by molar-refractivity contribution is 6.34. The van der Waals surface area contributed by atoms with Crippen LogP contribution in [0.1, 0.15) is 0 Å². The number of halogens is 1. The molecule has 0 atom stereocenters. The average Bonchev–Trinajstić information content (AvgIpc) is 2.76. The third-order valence-corrected chi connectivity index (χ3v) is 2.63. The molecule has 0 saturated heterocycles. The minimum Gasteiger partial charge on any atom is -0.338 e. The Balaban J connectivity index is 2.23. The molecule has 2 heterocycles. The maximum absolute atomic E-state index is 6.05. The summed E-state index contributed by atoms with van der Waals surface area (Å²) < 4.78 is 0. The van der Waals surface area contributed by atoms with Gasteiger partial charge in [-0.05, 0) is 18.2 Å². The highest BCUT2D eigenvalue weighted by atomic mass is 35.5. The van der Waals surface area contributed by atoms with Gasteiger partial charge in [-0.15, -0.1) is 0 Å². The van der Waals surface area contributed by atoms with Gasteiger partial charge in [-0.25, -0.2) is 4.98 Å². The minimum absolute atomic E-state index is 0.641. The van der Waals surface area contributed by atoms with Crippen molar-refractivity contribution in [3.05, 3.63) is 41.7 Å². The van der Waals surface area contributed by atoms with Crippen molar-refractivity contribution in [3.63, 3.8) is 0 Å². The van der Waals surface area contributed by atoms with Crippen molar-refractivity contribution in [2.75, 3.05) is 0 Å². The first-order valence-electron chi connectivity index (χ1n) is 4.76. The number of hydrogen-bond donors (Lipinski definition) is 1. The highest BCUT2D eigenvalue weighted by Gasteiger charge is 2.07. The van der Waals surface area contributed by atoms with Gasteiger partial charge in [0.1, 0.15) is 11.3 Å². The number of hydrogen-bond acceptors (Lipinski definition) is 3. The summed E-state index contributed by atoms with van der Waals surface area (Å²) in [5, 5.41) is 8.18. The van der Waals surface area contributed by atoms with Gasteiger partial charge in [-0.2, -0.15) is 10.2 Å². The molecule has 0 fully saturated rings. The Morgan fingerprint density at radius 3 is 2.81 bits per heavy atom. The summed E-state index contributed by atoms with van der Waals surface area (Å²) in [7, 11) is 0. The fraction of sp³-hybridized carbons (Fsp3) is 0. The molecule has 0 saturated carbocycles. The zero-order valence-electron chi connectivity index (χ0n) is 8.18. The number of aromatic nitrogens is 4. The van der Waals surface area contributed by atoms with Gasteiger partial charge in [0.25, 0.3) is 0 Å². The van der Waals surface area contributed by atoms with Gasteiger partial charge in [0.15, 0.2) is 0 Å². The Bertz CT molecular complexity index is 633. The Morgan fingerprint density at radius 2 is 2.06 bits per heavy atom. The van der Waals surface area contributed by atoms with Gasteiger partial charge in [0, 0.05) is 5.56 Å². The molecule has 78 valence electrons. The lowest BCUT2D eigenvalue weighted by Gasteiger charge is -1.91. The Hall–Kier alpha value is -1.94. The number of fused-ring (bicyclic) bond motifs is 1. The summed E-state index contributed by atoms with van der Waals surface area (Å²) in [6.45, 7) is 0. The molecule has 16 heavy (non-hydrogen) atoms. The largest absolute Gasteiger partial charge is 0.338 e. The smallest absolute Gasteiger partial charge is 0.140 e. The first-order valence-corrected chi connectivity index (χ1v) is 5.14. The zero-order valence-corrected chi connectivity index (χ0v) is 8.94. The molecule has 1 N–H and O–H groups in total. The van der Waals surface area contributed by atoms with Crippen molar-refractivity contribution >= 4 is 22.6 Å². The molecule has 0 bridgehead atoms. The van der Waals surface area contributed by atoms with Crippen LogP contribution in [-0.4, -0.2) is 20.2 Å². The summed E-state index contributed by atoms with van der Waals surface area (Å²) in [6, 6.07) is 7.49. The average molecular weight is 231 g/mol. The molecular formula is C11H7ClN4. The second-order valence-electron chi connectivity index (χ2n) is 3.35. The van der Waals surface area contributed by atoms with Crippen molar-refractivity contribution in [3.8, 4) is 11.4 Å². The number of H-pyrrole nitrogens is 1. The zero-order chi connectivity index (χ0) is 11.0. The summed E-state index contributed by atoms with van der Waals surface area (Å²) in [6.07, 6.45) is 3.29. The molecule has 0 aliphatic rings. The SMILES string of the molecule is Clc1cccc2[nH]c(-c3ccnnc3)nc12. The molecule has 0 aliphatic carbocycles. The lowest BCUT2D eigenvalue weighted by atomic mass is 10.3. The highest BCUT2D eigenvalue weighted by Crippen LogP contribution is 2.24. The number of nitrogens with zero attached hydrogens (tertiary/aromatic N) is 3. The maximum Gasteiger partial charge on any atom is 0.140 e. The van der Waals surface area contributed by atoms with Crippen molar-refractivity contribution < 1.29 is 0 Å². The lowest BCUT2D eigenvalue weighted by Crippen LogP contribution is -1.83. The molecular weight excluding hydrogens is 224 g/mol. The van der Waals surface area contributed by atoms with E-state index in [0.29, 0.717) is 5.02 Å². The van der Waals surface area contributed by atoms with E-state index in [9.17, 15) is 0 Å². The third-order valence-electron chi connectivity index (χ3n) is 2.32. The quantitative estimate of drug-likeness (QED) is 0.699. The predicted octanol–water partition coefficient (Wildman–Crippen LogP) is 2.67. The van der Waals surface area contributed by atoms with Gasteiger partial charge in [0.2, 0.25) is 0 Å². The number of benzene rings is 1. The predicted molar refractivity (Wildman–Crippen MR) is 62.1 cm³/mol. The van der Waals surface area contributed by atoms with Crippen molar-refractivity contribution in [2.24, 2.45) is 0 Å². The van der Waals surface area contributed by atoms with Gasteiger partial charge in [-0.3, -0.25) is 0 Å². The van der Waals surface area contributed by atoms with Crippen LogP contribution in [0.4, 0.5) is 0 Å². The van der Waals surface area contributed by atoms with E-state index in [-0.39, 0.29) is 0 Å². The molecule has 0 amide bonds. The molecule has 0 radical (unpaired) electrons. The van der Waals surface area contributed by atoms with E-state index in [1.807, 2.05) is 24.3 Å². The monoisotopic (exact) mass is 230 g/mol. The fourth-order valence-electron chi connectivity index (χ4n) is 1.56. The van der Waals surface area contributed by atoms with Gasteiger partial charge >= 0.3 is 0 Å². The molecule has 0 spiro atoms. The summed E-state index contributed by atoms with van der Waals surface area (Å²) in [4.78, 5) is 7.62. The van der Waals surface area contributed by atoms with E-state index in [2.05, 4.69) is 20.2 Å². The normalized spacial score (nSPS) is 10.8. The standard InChI is InChI=1S/C11H7ClN4/c12-8-2-1-3-9-10(8)16-11(15-9)7-4-5-13-14-6-7/h1-6H,(H,15,16). The van der Waals surface area contributed by atoms with Gasteiger partial charge in [-0.1, -0.05) is 17.7 Å². The van der Waals surface area contributed by atoms with Crippen LogP contribution in [0.3, 0.4) is 0 Å². The van der Waals surface area contributed by atoms with Crippen LogP contribution >= 0.6 is 11.6 Å². The van der Waals surface area contributed by atoms with Gasteiger partial charge < -0.3 is 4.98 Å². The van der Waals surface area contributed by atoms with Crippen LogP contribution in [0.5, 0.6) is 0 Å². The summed E-state index contributed by atoms with van der Waals surface area (Å²) in [5.41, 5.74) is 2.58. The van der Waals surface area contributed by atoms with E-state index in [1.165, 1.54) is 0 Å². The topological polar surface area (TPSA) is 54.5 Å². The van der Waals surface area contributed by atoms with E-state index in [0.717, 1.165) is 22.4 Å². The maximum atomic E-state index is 6.05. The second-order valence-corrected chi connectivity index (χ2v) is 3.76. The van der Waals surface area contributed by atoms with Crippen LogP contribution in [-0.2, 0) is 0 Å². The molecule has 1 aromatic carbocycles. The number of para-hydroxylation sites is 1. The number of aromatic amines is 1. The Labute approximate surface area is 96.3 Å². The van der Waals surface area contributed by atoms with Crippen molar-refractivity contribution in [1.82, 2.24) is 20.2 Å². The lowest BCUT2D eigenvalue weighted by molar-refractivity contribution is 1.03. The molecule has 3 aromatic rings. The molecule has 4 nitrogen and oxygen atoms in total. The summed E-state index contributed by atoms with van der Waals surface area (Å²) >= 11 is 6.05. The van der Waals surface area contributed by atoms with Crippen LogP contribution in [0.15, 0.2) is 36.7 Å². The third kappa shape index (κ3) is 1.44. The number of rotatable bonds is 1. The first kappa shape index (κ1) is 9.30. The number of nitrogens with one attached hydrogen (secondary N) is 1. The van der Waals surface area contributed by atoms with E-state index < -0.39 is 0 Å². The van der Waals surface area contributed by atoms with Crippen LogP contribution in [0.25, 0.3) is 22.4 Å². The van der Waals surface area contributed by atoms with E-state index in [1.54, 1.807) is 12.4 Å².